The molecule has 21 heavy (non-hydrogen) atoms. The number of benzene rings is 2. The van der Waals surface area contributed by atoms with Gasteiger partial charge in [-0.2, -0.15) is 0 Å². The maximum Gasteiger partial charge on any atom is 0.133 e. The van der Waals surface area contributed by atoms with Crippen LogP contribution in [0.3, 0.4) is 0 Å². The highest BCUT2D eigenvalue weighted by Gasteiger charge is 2.13. The van der Waals surface area contributed by atoms with Gasteiger partial charge in [0.2, 0.25) is 0 Å². The molecule has 0 aliphatic rings. The first-order valence-electron chi connectivity index (χ1n) is 7.00. The number of halogens is 2. The van der Waals surface area contributed by atoms with Gasteiger partial charge in [-0.15, -0.1) is 0 Å². The molecule has 0 spiro atoms. The molecule has 0 heterocycles. The van der Waals surface area contributed by atoms with Crippen molar-refractivity contribution in [1.29, 1.82) is 0 Å². The molecule has 112 valence electrons. The van der Waals surface area contributed by atoms with Gasteiger partial charge in [-0.05, 0) is 55.7 Å². The Kier molecular flexibility index (Phi) is 5.21. The summed E-state index contributed by atoms with van der Waals surface area (Å²) in [6.07, 6.45) is 1.24. The van der Waals surface area contributed by atoms with Gasteiger partial charge in [-0.3, -0.25) is 0 Å². The van der Waals surface area contributed by atoms with Crippen LogP contribution in [-0.2, 0) is 12.8 Å². The lowest BCUT2D eigenvalue weighted by Gasteiger charge is -2.14. The first-order valence-corrected chi connectivity index (χ1v) is 7.38. The minimum absolute atomic E-state index is 0.138. The molecule has 2 aromatic carbocycles. The molecule has 0 amide bonds. The predicted octanol–water partition coefficient (Wildman–Crippen LogP) is 4.72. The second-order valence-electron chi connectivity index (χ2n) is 5.11. The Labute approximate surface area is 129 Å². The molecular weight excluding hydrogens is 289 g/mol. The Bertz CT molecular complexity index is 628. The summed E-state index contributed by atoms with van der Waals surface area (Å²) in [5.74, 6) is 0.846. The quantitative estimate of drug-likeness (QED) is 0.867. The van der Waals surface area contributed by atoms with E-state index in [1.54, 1.807) is 24.3 Å². The summed E-state index contributed by atoms with van der Waals surface area (Å²) in [5, 5.41) is 0.708. The Morgan fingerprint density at radius 1 is 1.29 bits per heavy atom. The van der Waals surface area contributed by atoms with E-state index >= 15 is 0 Å². The highest BCUT2D eigenvalue weighted by atomic mass is 35.5. The van der Waals surface area contributed by atoms with Crippen LogP contribution in [0.2, 0.25) is 5.02 Å². The number of nitrogens with two attached hydrogens (primary N) is 1. The topological polar surface area (TPSA) is 35.2 Å². The average molecular weight is 308 g/mol. The normalized spacial score (nSPS) is 12.2. The summed E-state index contributed by atoms with van der Waals surface area (Å²) >= 11 is 6.09. The maximum atomic E-state index is 14.0. The third kappa shape index (κ3) is 3.96. The van der Waals surface area contributed by atoms with Crippen molar-refractivity contribution in [3.63, 3.8) is 0 Å². The van der Waals surface area contributed by atoms with E-state index in [1.807, 2.05) is 19.9 Å². The van der Waals surface area contributed by atoms with Crippen molar-refractivity contribution in [2.45, 2.75) is 32.7 Å². The Hall–Kier alpha value is -1.58. The van der Waals surface area contributed by atoms with Crippen LogP contribution in [0, 0.1) is 5.82 Å². The molecule has 0 fully saturated rings. The molecule has 2 nitrogen and oxygen atoms in total. The molecule has 0 aliphatic carbocycles. The van der Waals surface area contributed by atoms with Crippen molar-refractivity contribution >= 4 is 11.6 Å². The van der Waals surface area contributed by atoms with Crippen molar-refractivity contribution in [2.75, 3.05) is 0 Å². The van der Waals surface area contributed by atoms with E-state index in [2.05, 4.69) is 0 Å². The largest absolute Gasteiger partial charge is 0.457 e. The standard InChI is InChI=1S/C17H19ClFNO/c1-3-12-10-13(7-8-15(12)18)21-17-6-4-5-16(19)14(17)9-11(2)20/h4-8,10-11H,3,9,20H2,1-2H3. The molecular formula is C17H19ClFNO. The van der Waals surface area contributed by atoms with Crippen molar-refractivity contribution < 1.29 is 9.13 Å². The number of hydrogen-bond acceptors (Lipinski definition) is 2. The first-order chi connectivity index (χ1) is 10.0. The van der Waals surface area contributed by atoms with Gasteiger partial charge in [-0.1, -0.05) is 24.6 Å². The van der Waals surface area contributed by atoms with E-state index in [9.17, 15) is 4.39 Å². The Balaban J connectivity index is 2.33. The van der Waals surface area contributed by atoms with E-state index in [0.29, 0.717) is 28.5 Å². The summed E-state index contributed by atoms with van der Waals surface area (Å²) < 4.78 is 19.8. The molecule has 0 saturated heterocycles. The Morgan fingerprint density at radius 3 is 2.71 bits per heavy atom. The zero-order chi connectivity index (χ0) is 15.4. The molecule has 0 radical (unpaired) electrons. The van der Waals surface area contributed by atoms with Gasteiger partial charge < -0.3 is 10.5 Å². The number of rotatable bonds is 5. The summed E-state index contributed by atoms with van der Waals surface area (Å²) in [6, 6.07) is 10.1. The van der Waals surface area contributed by atoms with Crippen LogP contribution in [0.4, 0.5) is 4.39 Å². The first kappa shape index (κ1) is 15.8. The van der Waals surface area contributed by atoms with Gasteiger partial charge in [-0.25, -0.2) is 4.39 Å². The molecule has 4 heteroatoms. The smallest absolute Gasteiger partial charge is 0.133 e. The summed E-state index contributed by atoms with van der Waals surface area (Å²) in [6.45, 7) is 3.86. The van der Waals surface area contributed by atoms with Crippen molar-refractivity contribution in [3.05, 3.63) is 58.4 Å². The van der Waals surface area contributed by atoms with Crippen LogP contribution in [0.15, 0.2) is 36.4 Å². The van der Waals surface area contributed by atoms with Gasteiger partial charge in [0.25, 0.3) is 0 Å². The molecule has 0 saturated carbocycles. The number of aryl methyl sites for hydroxylation is 1. The van der Waals surface area contributed by atoms with E-state index in [1.165, 1.54) is 6.07 Å². The minimum Gasteiger partial charge on any atom is -0.457 e. The van der Waals surface area contributed by atoms with Crippen molar-refractivity contribution in [1.82, 2.24) is 0 Å². The monoisotopic (exact) mass is 307 g/mol. The predicted molar refractivity (Wildman–Crippen MR) is 84.7 cm³/mol. The molecule has 2 N–H and O–H groups in total. The van der Waals surface area contributed by atoms with Crippen molar-refractivity contribution in [2.24, 2.45) is 5.73 Å². The highest BCUT2D eigenvalue weighted by Crippen LogP contribution is 2.30. The summed E-state index contributed by atoms with van der Waals surface area (Å²) in [7, 11) is 0. The van der Waals surface area contributed by atoms with Gasteiger partial charge in [0.05, 0.1) is 0 Å². The van der Waals surface area contributed by atoms with Crippen LogP contribution in [0.25, 0.3) is 0 Å². The average Bonchev–Trinajstić information content (AvgIpc) is 2.44. The third-order valence-corrected chi connectivity index (χ3v) is 3.60. The van der Waals surface area contributed by atoms with Crippen LogP contribution >= 0.6 is 11.6 Å². The second-order valence-corrected chi connectivity index (χ2v) is 5.51. The van der Waals surface area contributed by atoms with Gasteiger partial charge in [0.15, 0.2) is 0 Å². The van der Waals surface area contributed by atoms with E-state index < -0.39 is 0 Å². The van der Waals surface area contributed by atoms with Gasteiger partial charge in [0.1, 0.15) is 17.3 Å². The second kappa shape index (κ2) is 6.92. The lowest BCUT2D eigenvalue weighted by molar-refractivity contribution is 0.463. The maximum absolute atomic E-state index is 14.0. The van der Waals surface area contributed by atoms with Crippen LogP contribution < -0.4 is 10.5 Å². The Morgan fingerprint density at radius 2 is 2.05 bits per heavy atom. The van der Waals surface area contributed by atoms with E-state index in [0.717, 1.165) is 12.0 Å². The SMILES string of the molecule is CCc1cc(Oc2cccc(F)c2CC(C)N)ccc1Cl. The lowest BCUT2D eigenvalue weighted by Crippen LogP contribution is -2.19. The summed E-state index contributed by atoms with van der Waals surface area (Å²) in [4.78, 5) is 0. The van der Waals surface area contributed by atoms with Gasteiger partial charge in [0, 0.05) is 16.6 Å². The third-order valence-electron chi connectivity index (χ3n) is 3.23. The molecule has 0 aliphatic heterocycles. The minimum atomic E-state index is -0.297. The van der Waals surface area contributed by atoms with E-state index in [4.69, 9.17) is 22.1 Å². The highest BCUT2D eigenvalue weighted by molar-refractivity contribution is 6.31. The molecule has 0 bridgehead atoms. The zero-order valence-corrected chi connectivity index (χ0v) is 13.0. The fraction of sp³-hybridized carbons (Fsp3) is 0.294. The van der Waals surface area contributed by atoms with Crippen LogP contribution in [-0.4, -0.2) is 6.04 Å². The van der Waals surface area contributed by atoms with Gasteiger partial charge >= 0.3 is 0 Å². The fourth-order valence-corrected chi connectivity index (χ4v) is 2.42. The molecule has 1 unspecified atom stereocenters. The fourth-order valence-electron chi connectivity index (χ4n) is 2.17. The lowest BCUT2D eigenvalue weighted by atomic mass is 10.1. The summed E-state index contributed by atoms with van der Waals surface area (Å²) in [5.41, 5.74) is 7.28. The molecule has 0 aromatic heterocycles. The molecule has 2 aromatic rings. The molecule has 2 rings (SSSR count). The van der Waals surface area contributed by atoms with E-state index in [-0.39, 0.29) is 11.9 Å². The zero-order valence-electron chi connectivity index (χ0n) is 12.2. The van der Waals surface area contributed by atoms with Crippen LogP contribution in [0.1, 0.15) is 25.0 Å². The van der Waals surface area contributed by atoms with Crippen molar-refractivity contribution in [3.8, 4) is 11.5 Å². The van der Waals surface area contributed by atoms with Crippen LogP contribution in [0.5, 0.6) is 11.5 Å². The number of ether oxygens (including phenoxy) is 1. The molecule has 1 atom stereocenters. The number of hydrogen-bond donors (Lipinski definition) is 1.